The van der Waals surface area contributed by atoms with Crippen LogP contribution in [0.3, 0.4) is 0 Å². The Balaban J connectivity index is 1.55. The summed E-state index contributed by atoms with van der Waals surface area (Å²) in [5.74, 6) is 2.95. The van der Waals surface area contributed by atoms with E-state index in [4.69, 9.17) is 13.9 Å². The van der Waals surface area contributed by atoms with E-state index in [1.54, 1.807) is 25.2 Å². The van der Waals surface area contributed by atoms with E-state index in [1.807, 2.05) is 60.7 Å². The lowest BCUT2D eigenvalue weighted by Crippen LogP contribution is -2.32. The molecule has 0 aliphatic heterocycles. The number of tetrazole rings is 1. The number of nitrogens with one attached hydrogen (secondary N) is 1. The number of methoxy groups -OCH3 is 2. The van der Waals surface area contributed by atoms with Gasteiger partial charge in [0.2, 0.25) is 0 Å². The van der Waals surface area contributed by atoms with Gasteiger partial charge in [-0.15, -0.1) is 5.10 Å². The lowest BCUT2D eigenvalue weighted by Gasteiger charge is -2.30. The monoisotopic (exact) mass is 514 g/mol. The van der Waals surface area contributed by atoms with Crippen LogP contribution in [0.15, 0.2) is 76.1 Å². The molecule has 1 atom stereocenters. The predicted octanol–water partition coefficient (Wildman–Crippen LogP) is 4.33. The maximum absolute atomic E-state index is 13.2. The molecule has 0 saturated heterocycles. The summed E-state index contributed by atoms with van der Waals surface area (Å²) in [6.45, 7) is 3.38. The quantitative estimate of drug-likeness (QED) is 0.277. The van der Waals surface area contributed by atoms with Crippen molar-refractivity contribution in [1.82, 2.24) is 30.1 Å². The van der Waals surface area contributed by atoms with E-state index in [9.17, 15) is 4.79 Å². The van der Waals surface area contributed by atoms with Gasteiger partial charge < -0.3 is 18.9 Å². The molecule has 0 saturated carbocycles. The standard InChI is InChI=1S/C28H30N6O4/c1-4-25(27-30-31-32-34(27)18-23-9-7-13-38-23)33(16-19-8-5-6-10-26(19)37-3)17-21-14-20-15-22(36-2)11-12-24(20)29-28(21)35/h5-15,25H,4,16-18H2,1-3H3,(H,29,35). The first-order valence-corrected chi connectivity index (χ1v) is 12.4. The van der Waals surface area contributed by atoms with E-state index in [-0.39, 0.29) is 11.6 Å². The van der Waals surface area contributed by atoms with Crippen LogP contribution in [-0.2, 0) is 19.6 Å². The Hall–Kier alpha value is -4.44. The zero-order valence-corrected chi connectivity index (χ0v) is 21.6. The fourth-order valence-electron chi connectivity index (χ4n) is 4.74. The second-order valence-electron chi connectivity index (χ2n) is 8.99. The predicted molar refractivity (Wildman–Crippen MR) is 142 cm³/mol. The van der Waals surface area contributed by atoms with Gasteiger partial charge in [0, 0.05) is 35.1 Å². The van der Waals surface area contributed by atoms with Gasteiger partial charge in [0.25, 0.3) is 5.56 Å². The van der Waals surface area contributed by atoms with Gasteiger partial charge in [0.15, 0.2) is 5.82 Å². The highest BCUT2D eigenvalue weighted by Gasteiger charge is 2.27. The second-order valence-corrected chi connectivity index (χ2v) is 8.99. The van der Waals surface area contributed by atoms with Crippen molar-refractivity contribution in [2.75, 3.05) is 14.2 Å². The average molecular weight is 515 g/mol. The number of furan rings is 1. The van der Waals surface area contributed by atoms with E-state index in [0.29, 0.717) is 37.4 Å². The molecule has 0 amide bonds. The van der Waals surface area contributed by atoms with Crippen LogP contribution >= 0.6 is 0 Å². The Morgan fingerprint density at radius 2 is 1.87 bits per heavy atom. The summed E-state index contributed by atoms with van der Waals surface area (Å²) in [6, 6.07) is 18.9. The van der Waals surface area contributed by atoms with Crippen LogP contribution in [0.1, 0.15) is 42.1 Å². The first-order chi connectivity index (χ1) is 18.6. The van der Waals surface area contributed by atoms with E-state index in [0.717, 1.165) is 33.7 Å². The molecule has 0 spiro atoms. The number of hydrogen-bond donors (Lipinski definition) is 1. The molecule has 1 N–H and O–H groups in total. The normalized spacial score (nSPS) is 12.2. The summed E-state index contributed by atoms with van der Waals surface area (Å²) in [5.41, 5.74) is 2.24. The molecule has 0 fully saturated rings. The van der Waals surface area contributed by atoms with Crippen LogP contribution in [0, 0.1) is 0 Å². The van der Waals surface area contributed by atoms with Crippen molar-refractivity contribution in [3.05, 3.63) is 100.0 Å². The minimum atomic E-state index is -0.190. The molecule has 3 heterocycles. The summed E-state index contributed by atoms with van der Waals surface area (Å²) in [7, 11) is 3.29. The van der Waals surface area contributed by atoms with Gasteiger partial charge in [-0.1, -0.05) is 25.1 Å². The Morgan fingerprint density at radius 1 is 1.03 bits per heavy atom. The number of H-pyrrole nitrogens is 1. The third-order valence-corrected chi connectivity index (χ3v) is 6.64. The van der Waals surface area contributed by atoms with E-state index in [2.05, 4.69) is 32.3 Å². The van der Waals surface area contributed by atoms with E-state index in [1.165, 1.54) is 0 Å². The van der Waals surface area contributed by atoms with Crippen LogP contribution in [0.2, 0.25) is 0 Å². The van der Waals surface area contributed by atoms with Gasteiger partial charge in [0.1, 0.15) is 23.8 Å². The Morgan fingerprint density at radius 3 is 2.63 bits per heavy atom. The summed E-state index contributed by atoms with van der Waals surface area (Å²) in [5, 5.41) is 13.5. The molecule has 5 aromatic rings. The summed E-state index contributed by atoms with van der Waals surface area (Å²) < 4.78 is 18.3. The van der Waals surface area contributed by atoms with Crippen molar-refractivity contribution >= 4 is 10.9 Å². The minimum absolute atomic E-state index is 0.141. The fourth-order valence-corrected chi connectivity index (χ4v) is 4.74. The smallest absolute Gasteiger partial charge is 0.252 e. The fraction of sp³-hybridized carbons (Fsp3) is 0.286. The molecule has 0 bridgehead atoms. The molecular weight excluding hydrogens is 484 g/mol. The third-order valence-electron chi connectivity index (χ3n) is 6.64. The number of benzene rings is 2. The molecule has 0 aliphatic carbocycles. The second kappa shape index (κ2) is 11.3. The van der Waals surface area contributed by atoms with Gasteiger partial charge in [-0.2, -0.15) is 0 Å². The van der Waals surface area contributed by atoms with Gasteiger partial charge in [-0.05, 0) is 59.3 Å². The Labute approximate surface area is 219 Å². The Kier molecular flexibility index (Phi) is 7.50. The van der Waals surface area contributed by atoms with Gasteiger partial charge in [0.05, 0.1) is 26.5 Å². The summed E-state index contributed by atoms with van der Waals surface area (Å²) in [4.78, 5) is 18.4. The lowest BCUT2D eigenvalue weighted by molar-refractivity contribution is 0.159. The molecular formula is C28H30N6O4. The molecule has 1 unspecified atom stereocenters. The molecule has 2 aromatic carbocycles. The maximum atomic E-state index is 13.2. The number of aromatic amines is 1. The van der Waals surface area contributed by atoms with Crippen LogP contribution < -0.4 is 15.0 Å². The molecule has 196 valence electrons. The number of aromatic nitrogens is 5. The average Bonchev–Trinajstić information content (AvgIpc) is 3.62. The van der Waals surface area contributed by atoms with Crippen LogP contribution in [0.25, 0.3) is 10.9 Å². The third kappa shape index (κ3) is 5.30. The summed E-state index contributed by atoms with van der Waals surface area (Å²) >= 11 is 0. The molecule has 38 heavy (non-hydrogen) atoms. The molecule has 0 radical (unpaired) electrons. The van der Waals surface area contributed by atoms with Crippen molar-refractivity contribution in [3.63, 3.8) is 0 Å². The van der Waals surface area contributed by atoms with E-state index < -0.39 is 0 Å². The number of fused-ring (bicyclic) bond motifs is 1. The number of ether oxygens (including phenoxy) is 2. The number of pyridine rings is 1. The Bertz CT molecular complexity index is 1560. The molecule has 5 rings (SSSR count). The van der Waals surface area contributed by atoms with Crippen molar-refractivity contribution < 1.29 is 13.9 Å². The zero-order valence-electron chi connectivity index (χ0n) is 21.6. The van der Waals surface area contributed by atoms with Crippen molar-refractivity contribution in [2.45, 2.75) is 39.0 Å². The number of rotatable bonds is 11. The SMILES string of the molecule is CCC(c1nnnn1Cc1ccco1)N(Cc1ccccc1OC)Cc1cc2cc(OC)ccc2[nH]c1=O. The summed E-state index contributed by atoms with van der Waals surface area (Å²) in [6.07, 6.45) is 2.35. The van der Waals surface area contributed by atoms with Crippen molar-refractivity contribution in [1.29, 1.82) is 0 Å². The lowest BCUT2D eigenvalue weighted by atomic mass is 10.1. The first kappa shape index (κ1) is 25.2. The van der Waals surface area contributed by atoms with Gasteiger partial charge in [-0.3, -0.25) is 9.69 Å². The number of nitrogens with zero attached hydrogens (tertiary/aromatic N) is 5. The molecule has 3 aromatic heterocycles. The highest BCUT2D eigenvalue weighted by Crippen LogP contribution is 2.29. The number of hydrogen-bond acceptors (Lipinski definition) is 8. The van der Waals surface area contributed by atoms with E-state index >= 15 is 0 Å². The largest absolute Gasteiger partial charge is 0.497 e. The number of para-hydroxylation sites is 1. The zero-order chi connectivity index (χ0) is 26.5. The van der Waals surface area contributed by atoms with Gasteiger partial charge >= 0.3 is 0 Å². The minimum Gasteiger partial charge on any atom is -0.497 e. The van der Waals surface area contributed by atoms with Crippen LogP contribution in [0.5, 0.6) is 11.5 Å². The highest BCUT2D eigenvalue weighted by atomic mass is 16.5. The van der Waals surface area contributed by atoms with Crippen LogP contribution in [-0.4, -0.2) is 44.3 Å². The topological polar surface area (TPSA) is 111 Å². The first-order valence-electron chi connectivity index (χ1n) is 12.4. The highest BCUT2D eigenvalue weighted by molar-refractivity contribution is 5.80. The molecule has 10 nitrogen and oxygen atoms in total. The van der Waals surface area contributed by atoms with Crippen LogP contribution in [0.4, 0.5) is 0 Å². The van der Waals surface area contributed by atoms with Crippen molar-refractivity contribution in [3.8, 4) is 11.5 Å². The van der Waals surface area contributed by atoms with Crippen molar-refractivity contribution in [2.24, 2.45) is 0 Å². The molecule has 10 heteroatoms. The van der Waals surface area contributed by atoms with Gasteiger partial charge in [-0.25, -0.2) is 4.68 Å². The maximum Gasteiger partial charge on any atom is 0.252 e. The molecule has 0 aliphatic rings.